The lowest BCUT2D eigenvalue weighted by Crippen LogP contribution is -2.50. The number of nitrogen functional groups attached to an aromatic ring is 1. The van der Waals surface area contributed by atoms with Gasteiger partial charge in [0.25, 0.3) is 0 Å². The molecule has 1 rings (SSSR count). The Morgan fingerprint density at radius 1 is 1.55 bits per heavy atom. The summed E-state index contributed by atoms with van der Waals surface area (Å²) < 4.78 is 16.5. The number of nitrogens with zero attached hydrogens (tertiary/aromatic N) is 2. The third-order valence-corrected chi connectivity index (χ3v) is 3.74. The van der Waals surface area contributed by atoms with Crippen LogP contribution in [-0.2, 0) is 0 Å². The Kier molecular flexibility index (Phi) is 5.69. The Hall–Kier alpha value is -1.91. The molecule has 0 fully saturated rings. The molecule has 0 aliphatic carbocycles. The highest BCUT2D eigenvalue weighted by Crippen LogP contribution is 2.33. The molecule has 0 saturated heterocycles. The highest BCUT2D eigenvalue weighted by molar-refractivity contribution is 5.29. The minimum Gasteiger partial charge on any atom is -0.396 e. The van der Waals surface area contributed by atoms with Gasteiger partial charge in [0.2, 0.25) is 5.67 Å². The molecule has 7 heteroatoms. The van der Waals surface area contributed by atoms with Crippen LogP contribution in [0.3, 0.4) is 0 Å². The predicted octanol–water partition coefficient (Wildman–Crippen LogP) is 0.416. The quantitative estimate of drug-likeness (QED) is 0.684. The van der Waals surface area contributed by atoms with Gasteiger partial charge in [-0.15, -0.1) is 5.92 Å². The van der Waals surface area contributed by atoms with Crippen LogP contribution in [0.4, 0.5) is 10.2 Å². The molecule has 2 unspecified atom stereocenters. The van der Waals surface area contributed by atoms with Crippen LogP contribution in [0.25, 0.3) is 0 Å². The van der Waals surface area contributed by atoms with Crippen molar-refractivity contribution in [3.8, 4) is 11.8 Å². The highest BCUT2D eigenvalue weighted by Gasteiger charge is 2.46. The molecule has 0 aliphatic rings. The fraction of sp³-hybridized carbons (Fsp3) is 0.600. The maximum atomic E-state index is 15.4. The molecule has 1 aromatic rings. The minimum atomic E-state index is -2.41. The average Bonchev–Trinajstić information content (AvgIpc) is 2.44. The smallest absolute Gasteiger partial charge is 0.350 e. The second-order valence-electron chi connectivity index (χ2n) is 5.40. The average molecular weight is 311 g/mol. The number of aromatic nitrogens is 2. The Labute approximate surface area is 128 Å². The third-order valence-electron chi connectivity index (χ3n) is 3.74. The van der Waals surface area contributed by atoms with E-state index in [1.54, 1.807) is 6.92 Å². The molecule has 122 valence electrons. The van der Waals surface area contributed by atoms with Gasteiger partial charge in [0.05, 0.1) is 6.04 Å². The Balaban J connectivity index is 3.45. The van der Waals surface area contributed by atoms with E-state index >= 15 is 4.39 Å². The van der Waals surface area contributed by atoms with Crippen molar-refractivity contribution >= 4 is 5.82 Å². The number of hydrogen-bond acceptors (Lipinski definition) is 5. The molecule has 6 nitrogen and oxygen atoms in total. The zero-order chi connectivity index (χ0) is 17.1. The Bertz CT molecular complexity index is 650. The van der Waals surface area contributed by atoms with Gasteiger partial charge in [-0.05, 0) is 26.8 Å². The predicted molar refractivity (Wildman–Crippen MR) is 81.9 cm³/mol. The van der Waals surface area contributed by atoms with E-state index < -0.39 is 36.0 Å². The topological polar surface area (TPSA) is 101 Å². The number of aryl methyl sites for hydroxylation is 1. The first kappa shape index (κ1) is 18.1. The van der Waals surface area contributed by atoms with Crippen molar-refractivity contribution in [1.29, 1.82) is 0 Å². The lowest BCUT2D eigenvalue weighted by molar-refractivity contribution is -0.0448. The second-order valence-corrected chi connectivity index (χ2v) is 5.40. The standard InChI is InChI=1S/C15H22FN3O3/c1-5-6-15(16,13(21)9(2)8-20)11(4)19-10(3)7-12(17)18-14(19)22/h7,9,11,13,20-21H,8H2,1-4H3,(H2,17,18,22)/t9-,11-,13?,15?/m1/s1. The van der Waals surface area contributed by atoms with E-state index in [9.17, 15) is 9.90 Å². The molecule has 0 aromatic carbocycles. The molecule has 0 radical (unpaired) electrons. The SMILES string of the molecule is CC#CC(F)(C(O)[C@H](C)CO)[C@@H](C)n1c(C)cc(N)nc1=O. The van der Waals surface area contributed by atoms with E-state index in [1.807, 2.05) is 0 Å². The van der Waals surface area contributed by atoms with E-state index in [4.69, 9.17) is 10.8 Å². The molecule has 1 aromatic heterocycles. The van der Waals surface area contributed by atoms with Crippen LogP contribution in [0.1, 0.15) is 32.5 Å². The van der Waals surface area contributed by atoms with Crippen molar-refractivity contribution < 1.29 is 14.6 Å². The molecule has 4 atom stereocenters. The number of halogens is 1. The normalized spacial score (nSPS) is 17.8. The van der Waals surface area contributed by atoms with Gasteiger partial charge in [-0.3, -0.25) is 4.57 Å². The number of anilines is 1. The molecule has 22 heavy (non-hydrogen) atoms. The summed E-state index contributed by atoms with van der Waals surface area (Å²) in [5.74, 6) is 4.09. The van der Waals surface area contributed by atoms with Crippen molar-refractivity contribution in [3.05, 3.63) is 22.2 Å². The fourth-order valence-electron chi connectivity index (χ4n) is 2.42. The zero-order valence-corrected chi connectivity index (χ0v) is 13.2. The van der Waals surface area contributed by atoms with Crippen molar-refractivity contribution in [1.82, 2.24) is 9.55 Å². The fourth-order valence-corrected chi connectivity index (χ4v) is 2.42. The maximum Gasteiger partial charge on any atom is 0.350 e. The van der Waals surface area contributed by atoms with E-state index in [-0.39, 0.29) is 5.82 Å². The van der Waals surface area contributed by atoms with Crippen molar-refractivity contribution in [2.45, 2.75) is 45.5 Å². The Morgan fingerprint density at radius 3 is 2.59 bits per heavy atom. The number of rotatable bonds is 5. The van der Waals surface area contributed by atoms with Gasteiger partial charge in [0, 0.05) is 18.2 Å². The van der Waals surface area contributed by atoms with E-state index in [0.29, 0.717) is 5.69 Å². The zero-order valence-electron chi connectivity index (χ0n) is 13.2. The summed E-state index contributed by atoms with van der Waals surface area (Å²) >= 11 is 0. The first-order chi connectivity index (χ1) is 10.2. The summed E-state index contributed by atoms with van der Waals surface area (Å²) in [5.41, 5.74) is 2.78. The van der Waals surface area contributed by atoms with Gasteiger partial charge in [0.15, 0.2) is 0 Å². The highest BCUT2D eigenvalue weighted by atomic mass is 19.1. The summed E-state index contributed by atoms with van der Waals surface area (Å²) in [6.45, 7) is 5.56. The monoisotopic (exact) mass is 311 g/mol. The first-order valence-electron chi connectivity index (χ1n) is 6.96. The van der Waals surface area contributed by atoms with Crippen LogP contribution < -0.4 is 11.4 Å². The van der Waals surface area contributed by atoms with Gasteiger partial charge in [-0.1, -0.05) is 12.8 Å². The minimum absolute atomic E-state index is 0.0428. The van der Waals surface area contributed by atoms with Crippen LogP contribution in [0.5, 0.6) is 0 Å². The van der Waals surface area contributed by atoms with Gasteiger partial charge >= 0.3 is 5.69 Å². The van der Waals surface area contributed by atoms with E-state index in [2.05, 4.69) is 16.8 Å². The van der Waals surface area contributed by atoms with Crippen molar-refractivity contribution in [2.75, 3.05) is 12.3 Å². The first-order valence-corrected chi connectivity index (χ1v) is 6.96. The number of nitrogens with two attached hydrogens (primary N) is 1. The molecule has 0 saturated carbocycles. The van der Waals surface area contributed by atoms with E-state index in [1.165, 1.54) is 26.8 Å². The summed E-state index contributed by atoms with van der Waals surface area (Å²) in [6, 6.07) is 0.337. The Morgan fingerprint density at radius 2 is 2.14 bits per heavy atom. The molecule has 0 amide bonds. The molecule has 4 N–H and O–H groups in total. The molecular formula is C15H22FN3O3. The van der Waals surface area contributed by atoms with Crippen molar-refractivity contribution in [3.63, 3.8) is 0 Å². The van der Waals surface area contributed by atoms with Crippen LogP contribution in [-0.4, -0.2) is 38.1 Å². The van der Waals surface area contributed by atoms with Gasteiger partial charge in [-0.25, -0.2) is 9.18 Å². The van der Waals surface area contributed by atoms with Crippen LogP contribution in [0.15, 0.2) is 10.9 Å². The van der Waals surface area contributed by atoms with E-state index in [0.717, 1.165) is 4.57 Å². The maximum absolute atomic E-state index is 15.4. The summed E-state index contributed by atoms with van der Waals surface area (Å²) in [5, 5.41) is 19.4. The van der Waals surface area contributed by atoms with Gasteiger partial charge in [-0.2, -0.15) is 4.98 Å². The number of hydrogen-bond donors (Lipinski definition) is 3. The molecule has 0 bridgehead atoms. The summed E-state index contributed by atoms with van der Waals surface area (Å²) in [6.07, 6.45) is -1.57. The van der Waals surface area contributed by atoms with Crippen molar-refractivity contribution in [2.24, 2.45) is 5.92 Å². The van der Waals surface area contributed by atoms with Gasteiger partial charge in [0.1, 0.15) is 11.9 Å². The number of alkyl halides is 1. The molecule has 0 spiro atoms. The molecule has 0 aliphatic heterocycles. The third kappa shape index (κ3) is 3.29. The summed E-state index contributed by atoms with van der Waals surface area (Å²) in [7, 11) is 0. The molecular weight excluding hydrogens is 289 g/mol. The molecule has 1 heterocycles. The van der Waals surface area contributed by atoms with Gasteiger partial charge < -0.3 is 15.9 Å². The summed E-state index contributed by atoms with van der Waals surface area (Å²) in [4.78, 5) is 15.6. The second kappa shape index (κ2) is 6.90. The van der Waals surface area contributed by atoms with Crippen LogP contribution in [0.2, 0.25) is 0 Å². The number of aliphatic hydroxyl groups is 2. The lowest BCUT2D eigenvalue weighted by Gasteiger charge is -2.35. The number of aliphatic hydroxyl groups excluding tert-OH is 2. The van der Waals surface area contributed by atoms with Crippen LogP contribution in [0, 0.1) is 24.7 Å². The lowest BCUT2D eigenvalue weighted by atomic mass is 9.84. The van der Waals surface area contributed by atoms with Crippen LogP contribution >= 0.6 is 0 Å². The largest absolute Gasteiger partial charge is 0.396 e.